The summed E-state index contributed by atoms with van der Waals surface area (Å²) in [6.07, 6.45) is 0.937. The lowest BCUT2D eigenvalue weighted by molar-refractivity contribution is 0.00684. The van der Waals surface area contributed by atoms with Crippen LogP contribution in [0.2, 0.25) is 0 Å². The van der Waals surface area contributed by atoms with Gasteiger partial charge in [-0.3, -0.25) is 0 Å². The number of halogens is 1. The molecule has 0 radical (unpaired) electrons. The molecule has 0 unspecified atom stereocenters. The van der Waals surface area contributed by atoms with Crippen LogP contribution in [0.4, 0.5) is 4.79 Å². The number of carbonyl (C=O) groups excluding carboxylic acids is 2. The molecule has 2 rings (SSSR count). The van der Waals surface area contributed by atoms with Crippen LogP contribution in [0.15, 0.2) is 22.8 Å². The van der Waals surface area contributed by atoms with Crippen LogP contribution in [-0.2, 0) is 9.47 Å². The van der Waals surface area contributed by atoms with Crippen molar-refractivity contribution in [1.29, 1.82) is 0 Å². The zero-order chi connectivity index (χ0) is 18.3. The highest BCUT2D eigenvalue weighted by atomic mass is 79.9. The lowest BCUT2D eigenvalue weighted by atomic mass is 10.1. The molecular formula is C17H21BrN2O4. The van der Waals surface area contributed by atoms with Crippen LogP contribution in [0.25, 0.3) is 10.9 Å². The zero-order valence-corrected chi connectivity index (χ0v) is 16.2. The van der Waals surface area contributed by atoms with Crippen molar-refractivity contribution in [3.05, 3.63) is 28.4 Å². The Balaban J connectivity index is 2.41. The highest BCUT2D eigenvalue weighted by Crippen LogP contribution is 2.29. The van der Waals surface area contributed by atoms with E-state index in [1.165, 1.54) is 10.9 Å². The number of rotatable bonds is 1. The number of hydrogen-bond acceptors (Lipinski definition) is 5. The topological polar surface area (TPSA) is 70.4 Å². The molecule has 0 bridgehead atoms. The van der Waals surface area contributed by atoms with Crippen LogP contribution in [0, 0.1) is 0 Å². The molecule has 0 amide bonds. The van der Waals surface area contributed by atoms with Gasteiger partial charge >= 0.3 is 12.1 Å². The van der Waals surface area contributed by atoms with Gasteiger partial charge in [-0.25, -0.2) is 9.59 Å². The average molecular weight is 397 g/mol. The third kappa shape index (κ3) is 4.14. The predicted molar refractivity (Wildman–Crippen MR) is 94.2 cm³/mol. The van der Waals surface area contributed by atoms with Crippen LogP contribution >= 0.6 is 15.9 Å². The van der Waals surface area contributed by atoms with E-state index < -0.39 is 23.3 Å². The summed E-state index contributed by atoms with van der Waals surface area (Å²) < 4.78 is 12.4. The van der Waals surface area contributed by atoms with E-state index in [0.29, 0.717) is 20.9 Å². The number of aromatic nitrogens is 2. The second-order valence-corrected chi connectivity index (χ2v) is 8.19. The first kappa shape index (κ1) is 18.4. The van der Waals surface area contributed by atoms with Gasteiger partial charge in [-0.1, -0.05) is 0 Å². The lowest BCUT2D eigenvalue weighted by Gasteiger charge is -2.20. The zero-order valence-electron chi connectivity index (χ0n) is 14.6. The molecular weight excluding hydrogens is 376 g/mol. The Morgan fingerprint density at radius 2 is 1.62 bits per heavy atom. The maximum absolute atomic E-state index is 12.3. The Bertz CT molecular complexity index is 797. The van der Waals surface area contributed by atoms with Crippen LogP contribution < -0.4 is 0 Å². The average Bonchev–Trinajstić information content (AvgIpc) is 2.79. The molecule has 0 aliphatic carbocycles. The third-order valence-electron chi connectivity index (χ3n) is 2.87. The van der Waals surface area contributed by atoms with Crippen molar-refractivity contribution >= 4 is 38.9 Å². The summed E-state index contributed by atoms with van der Waals surface area (Å²) in [4.78, 5) is 24.5. The molecule has 0 spiro atoms. The van der Waals surface area contributed by atoms with E-state index in [2.05, 4.69) is 21.0 Å². The summed E-state index contributed by atoms with van der Waals surface area (Å²) in [7, 11) is 0. The fourth-order valence-corrected chi connectivity index (χ4v) is 2.61. The largest absolute Gasteiger partial charge is 0.456 e. The Morgan fingerprint density at radius 1 is 1.04 bits per heavy atom. The fraction of sp³-hybridized carbons (Fsp3) is 0.471. The summed E-state index contributed by atoms with van der Waals surface area (Å²) in [5.41, 5.74) is -0.292. The van der Waals surface area contributed by atoms with E-state index in [1.807, 2.05) is 0 Å². The Hall–Kier alpha value is -1.89. The van der Waals surface area contributed by atoms with Gasteiger partial charge in [0.15, 0.2) is 0 Å². The van der Waals surface area contributed by atoms with Crippen LogP contribution in [-0.4, -0.2) is 33.0 Å². The molecule has 0 aliphatic heterocycles. The first-order chi connectivity index (χ1) is 10.9. The minimum absolute atomic E-state index is 0.376. The molecule has 24 heavy (non-hydrogen) atoms. The van der Waals surface area contributed by atoms with Crippen molar-refractivity contribution in [1.82, 2.24) is 9.78 Å². The first-order valence-corrected chi connectivity index (χ1v) is 8.31. The van der Waals surface area contributed by atoms with Crippen LogP contribution in [0.5, 0.6) is 0 Å². The van der Waals surface area contributed by atoms with E-state index in [0.717, 1.165) is 0 Å². The molecule has 2 aromatic rings. The summed E-state index contributed by atoms with van der Waals surface area (Å²) in [6, 6.07) is 3.25. The molecule has 130 valence electrons. The van der Waals surface area contributed by atoms with Gasteiger partial charge in [-0.05, 0) is 69.6 Å². The van der Waals surface area contributed by atoms with Gasteiger partial charge in [0.05, 0.1) is 17.3 Å². The van der Waals surface area contributed by atoms with Crippen molar-refractivity contribution in [3.8, 4) is 0 Å². The van der Waals surface area contributed by atoms with Crippen molar-refractivity contribution in [2.45, 2.75) is 52.7 Å². The van der Waals surface area contributed by atoms with Gasteiger partial charge in [-0.15, -0.1) is 0 Å². The maximum atomic E-state index is 12.3. The molecule has 0 aliphatic rings. The highest BCUT2D eigenvalue weighted by Gasteiger charge is 2.24. The van der Waals surface area contributed by atoms with Crippen molar-refractivity contribution < 1.29 is 19.1 Å². The Kier molecular flexibility index (Phi) is 4.77. The summed E-state index contributed by atoms with van der Waals surface area (Å²) in [5.74, 6) is -0.443. The van der Waals surface area contributed by atoms with Gasteiger partial charge in [0, 0.05) is 9.86 Å². The Labute approximate surface area is 149 Å². The van der Waals surface area contributed by atoms with Gasteiger partial charge in [0.2, 0.25) is 0 Å². The number of fused-ring (bicyclic) bond motifs is 1. The number of nitrogens with zero attached hydrogens (tertiary/aromatic N) is 2. The predicted octanol–water partition coefficient (Wildman–Crippen LogP) is 4.54. The van der Waals surface area contributed by atoms with Crippen LogP contribution in [0.3, 0.4) is 0 Å². The van der Waals surface area contributed by atoms with Crippen molar-refractivity contribution in [2.24, 2.45) is 0 Å². The summed E-state index contributed by atoms with van der Waals surface area (Å²) in [5, 5.41) is 4.70. The minimum atomic E-state index is -0.622. The molecule has 0 saturated heterocycles. The smallest absolute Gasteiger partial charge is 0.435 e. The molecule has 6 nitrogen and oxygen atoms in total. The number of ether oxygens (including phenoxy) is 2. The second kappa shape index (κ2) is 6.20. The van der Waals surface area contributed by atoms with Crippen molar-refractivity contribution in [3.63, 3.8) is 0 Å². The molecule has 0 N–H and O–H groups in total. The standard InChI is InChI=1S/C17H21BrN2O4/c1-16(2,3)23-14(21)10-7-8-12-11(13(10)18)9-19-20(12)15(22)24-17(4,5)6/h7-9H,1-6H3. The van der Waals surface area contributed by atoms with Gasteiger partial charge in [-0.2, -0.15) is 9.78 Å². The lowest BCUT2D eigenvalue weighted by Crippen LogP contribution is -2.27. The monoisotopic (exact) mass is 396 g/mol. The minimum Gasteiger partial charge on any atom is -0.456 e. The highest BCUT2D eigenvalue weighted by molar-refractivity contribution is 9.10. The molecule has 0 fully saturated rings. The number of hydrogen-bond donors (Lipinski definition) is 0. The normalized spacial score (nSPS) is 12.3. The molecule has 1 aromatic heterocycles. The third-order valence-corrected chi connectivity index (χ3v) is 3.73. The van der Waals surface area contributed by atoms with E-state index in [1.54, 1.807) is 53.7 Å². The second-order valence-electron chi connectivity index (χ2n) is 7.40. The number of benzene rings is 1. The molecule has 1 heterocycles. The van der Waals surface area contributed by atoms with E-state index in [9.17, 15) is 9.59 Å². The van der Waals surface area contributed by atoms with E-state index in [4.69, 9.17) is 9.47 Å². The molecule has 0 saturated carbocycles. The number of esters is 1. The quantitative estimate of drug-likeness (QED) is 0.661. The van der Waals surface area contributed by atoms with Crippen LogP contribution in [0.1, 0.15) is 51.9 Å². The maximum Gasteiger partial charge on any atom is 0.435 e. The molecule has 1 aromatic carbocycles. The number of carbonyl (C=O) groups is 2. The fourth-order valence-electron chi connectivity index (χ4n) is 2.01. The van der Waals surface area contributed by atoms with E-state index >= 15 is 0 Å². The molecule has 7 heteroatoms. The summed E-state index contributed by atoms with van der Waals surface area (Å²) in [6.45, 7) is 10.8. The van der Waals surface area contributed by atoms with Gasteiger partial charge in [0.1, 0.15) is 11.2 Å². The Morgan fingerprint density at radius 3 is 2.17 bits per heavy atom. The van der Waals surface area contributed by atoms with E-state index in [-0.39, 0.29) is 0 Å². The summed E-state index contributed by atoms with van der Waals surface area (Å²) >= 11 is 3.41. The SMILES string of the molecule is CC(C)(C)OC(=O)c1ccc2c(cnn2C(=O)OC(C)(C)C)c1Br. The van der Waals surface area contributed by atoms with Crippen molar-refractivity contribution in [2.75, 3.05) is 0 Å². The molecule has 0 atom stereocenters. The first-order valence-electron chi connectivity index (χ1n) is 7.52. The van der Waals surface area contributed by atoms with Gasteiger partial charge < -0.3 is 9.47 Å². The van der Waals surface area contributed by atoms with Gasteiger partial charge in [0.25, 0.3) is 0 Å².